The minimum absolute atomic E-state index is 0.0390. The second kappa shape index (κ2) is 7.51. The Balaban J connectivity index is 2.15. The molecule has 0 atom stereocenters. The fourth-order valence-corrected chi connectivity index (χ4v) is 3.95. The number of nitrogens with zero attached hydrogens (tertiary/aromatic N) is 2. The third-order valence-corrected chi connectivity index (χ3v) is 5.20. The molecule has 0 saturated carbocycles. The standard InChI is InChI=1S/C17H12BrClN2O3S/c1-24-15(22)9-21-13-6-5-12(19)8-14(13)25-17(21)20-16(23)10-3-2-4-11(18)7-10/h2-8H,9H2,1H3. The molecule has 0 N–H and O–H groups in total. The number of hydrogen-bond donors (Lipinski definition) is 0. The molecule has 1 amide bonds. The largest absolute Gasteiger partial charge is 0.468 e. The number of thiazole rings is 1. The van der Waals surface area contributed by atoms with E-state index < -0.39 is 11.9 Å². The van der Waals surface area contributed by atoms with Crippen molar-refractivity contribution in [2.24, 2.45) is 4.99 Å². The molecule has 0 aliphatic carbocycles. The van der Waals surface area contributed by atoms with E-state index in [1.807, 2.05) is 6.07 Å². The fourth-order valence-electron chi connectivity index (χ4n) is 2.25. The first kappa shape index (κ1) is 17.8. The lowest BCUT2D eigenvalue weighted by molar-refractivity contribution is -0.141. The average Bonchev–Trinajstić information content (AvgIpc) is 2.91. The van der Waals surface area contributed by atoms with Crippen molar-refractivity contribution < 1.29 is 14.3 Å². The second-order valence-electron chi connectivity index (χ2n) is 5.09. The van der Waals surface area contributed by atoms with Crippen LogP contribution in [0.15, 0.2) is 51.9 Å². The van der Waals surface area contributed by atoms with Gasteiger partial charge in [0.25, 0.3) is 5.91 Å². The van der Waals surface area contributed by atoms with Crippen LogP contribution in [0.5, 0.6) is 0 Å². The summed E-state index contributed by atoms with van der Waals surface area (Å²) in [4.78, 5) is 28.8. The van der Waals surface area contributed by atoms with E-state index >= 15 is 0 Å². The quantitative estimate of drug-likeness (QED) is 0.579. The summed E-state index contributed by atoms with van der Waals surface area (Å²) in [5.74, 6) is -0.816. The molecule has 0 aliphatic heterocycles. The number of ether oxygens (including phenoxy) is 1. The third kappa shape index (κ3) is 4.00. The van der Waals surface area contributed by atoms with E-state index in [9.17, 15) is 9.59 Å². The van der Waals surface area contributed by atoms with Gasteiger partial charge in [0.2, 0.25) is 0 Å². The van der Waals surface area contributed by atoms with Gasteiger partial charge in [-0.05, 0) is 36.4 Å². The number of fused-ring (bicyclic) bond motifs is 1. The zero-order valence-electron chi connectivity index (χ0n) is 13.0. The van der Waals surface area contributed by atoms with Crippen LogP contribution in [0, 0.1) is 0 Å². The normalized spacial score (nSPS) is 11.7. The van der Waals surface area contributed by atoms with Gasteiger partial charge in [-0.3, -0.25) is 9.59 Å². The summed E-state index contributed by atoms with van der Waals surface area (Å²) in [7, 11) is 1.32. The number of esters is 1. The molecule has 2 aromatic carbocycles. The molecule has 1 aromatic heterocycles. The SMILES string of the molecule is COC(=O)Cn1c(=NC(=O)c2cccc(Br)c2)sc2cc(Cl)ccc21. The monoisotopic (exact) mass is 438 g/mol. The van der Waals surface area contributed by atoms with Gasteiger partial charge < -0.3 is 9.30 Å². The van der Waals surface area contributed by atoms with Crippen LogP contribution >= 0.6 is 38.9 Å². The second-order valence-corrected chi connectivity index (χ2v) is 7.45. The molecule has 0 fully saturated rings. The van der Waals surface area contributed by atoms with E-state index in [2.05, 4.69) is 20.9 Å². The molecule has 0 aliphatic rings. The van der Waals surface area contributed by atoms with Crippen LogP contribution in [0.25, 0.3) is 10.2 Å². The Kier molecular flexibility index (Phi) is 5.36. The molecule has 0 radical (unpaired) electrons. The van der Waals surface area contributed by atoms with Crippen LogP contribution in [-0.2, 0) is 16.1 Å². The maximum Gasteiger partial charge on any atom is 0.325 e. The Morgan fingerprint density at radius 1 is 1.28 bits per heavy atom. The lowest BCUT2D eigenvalue weighted by Gasteiger charge is -2.03. The summed E-state index contributed by atoms with van der Waals surface area (Å²) in [6.07, 6.45) is 0. The van der Waals surface area contributed by atoms with Crippen molar-refractivity contribution in [1.82, 2.24) is 4.57 Å². The lowest BCUT2D eigenvalue weighted by Crippen LogP contribution is -2.22. The number of carbonyl (C=O) groups is 2. The fraction of sp³-hybridized carbons (Fsp3) is 0.118. The number of methoxy groups -OCH3 is 1. The van der Waals surface area contributed by atoms with Crippen LogP contribution < -0.4 is 4.80 Å². The Morgan fingerprint density at radius 2 is 2.08 bits per heavy atom. The van der Waals surface area contributed by atoms with Crippen LogP contribution in [0.3, 0.4) is 0 Å². The first-order valence-corrected chi connectivity index (χ1v) is 9.17. The first-order chi connectivity index (χ1) is 12.0. The molecule has 0 unspecified atom stereocenters. The summed E-state index contributed by atoms with van der Waals surface area (Å²) in [5.41, 5.74) is 1.22. The van der Waals surface area contributed by atoms with Crippen molar-refractivity contribution in [3.63, 3.8) is 0 Å². The molecule has 25 heavy (non-hydrogen) atoms. The van der Waals surface area contributed by atoms with Crippen molar-refractivity contribution in [2.75, 3.05) is 7.11 Å². The number of halogens is 2. The summed E-state index contributed by atoms with van der Waals surface area (Å²) < 4.78 is 8.01. The Morgan fingerprint density at radius 3 is 2.80 bits per heavy atom. The Bertz CT molecular complexity index is 1040. The van der Waals surface area contributed by atoms with Crippen molar-refractivity contribution in [2.45, 2.75) is 6.54 Å². The highest BCUT2D eigenvalue weighted by Gasteiger charge is 2.13. The number of benzene rings is 2. The van der Waals surface area contributed by atoms with E-state index in [-0.39, 0.29) is 6.54 Å². The molecule has 5 nitrogen and oxygen atoms in total. The van der Waals surface area contributed by atoms with Crippen LogP contribution in [0.4, 0.5) is 0 Å². The van der Waals surface area contributed by atoms with Gasteiger partial charge in [0.1, 0.15) is 6.54 Å². The highest BCUT2D eigenvalue weighted by atomic mass is 79.9. The molecule has 1 heterocycles. The van der Waals surface area contributed by atoms with Crippen LogP contribution in [0.1, 0.15) is 10.4 Å². The number of aromatic nitrogens is 1. The number of amides is 1. The van der Waals surface area contributed by atoms with E-state index in [1.54, 1.807) is 41.0 Å². The predicted molar refractivity (Wildman–Crippen MR) is 101 cm³/mol. The average molecular weight is 440 g/mol. The van der Waals surface area contributed by atoms with Crippen LogP contribution in [0.2, 0.25) is 5.02 Å². The summed E-state index contributed by atoms with van der Waals surface area (Å²) in [6.45, 7) is -0.0390. The molecule has 8 heteroatoms. The maximum atomic E-state index is 12.5. The predicted octanol–water partition coefficient (Wildman–Crippen LogP) is 4.03. The Hall–Kier alpha value is -1.96. The Labute approximate surface area is 160 Å². The van der Waals surface area contributed by atoms with Crippen molar-refractivity contribution in [3.8, 4) is 0 Å². The number of carbonyl (C=O) groups excluding carboxylic acids is 2. The van der Waals surface area contributed by atoms with Crippen LogP contribution in [-0.4, -0.2) is 23.6 Å². The molecular weight excluding hydrogens is 428 g/mol. The highest BCUT2D eigenvalue weighted by Crippen LogP contribution is 2.22. The molecule has 128 valence electrons. The van der Waals surface area contributed by atoms with Gasteiger partial charge in [-0.2, -0.15) is 4.99 Å². The van der Waals surface area contributed by atoms with Gasteiger partial charge in [0, 0.05) is 15.1 Å². The minimum Gasteiger partial charge on any atom is -0.468 e. The maximum absolute atomic E-state index is 12.5. The van der Waals surface area contributed by atoms with E-state index in [4.69, 9.17) is 16.3 Å². The summed E-state index contributed by atoms with van der Waals surface area (Å²) >= 11 is 10.7. The molecule has 3 rings (SSSR count). The molecule has 0 bridgehead atoms. The number of hydrogen-bond acceptors (Lipinski definition) is 4. The van der Waals surface area contributed by atoms with Gasteiger partial charge in [-0.1, -0.05) is 44.9 Å². The third-order valence-electron chi connectivity index (χ3n) is 3.43. The number of rotatable bonds is 3. The van der Waals surface area contributed by atoms with Gasteiger partial charge in [0.15, 0.2) is 4.80 Å². The van der Waals surface area contributed by atoms with Crippen molar-refractivity contribution in [3.05, 3.63) is 62.3 Å². The minimum atomic E-state index is -0.425. The zero-order valence-corrected chi connectivity index (χ0v) is 16.2. The lowest BCUT2D eigenvalue weighted by atomic mass is 10.2. The van der Waals surface area contributed by atoms with E-state index in [0.29, 0.717) is 15.4 Å². The highest BCUT2D eigenvalue weighted by molar-refractivity contribution is 9.10. The van der Waals surface area contributed by atoms with E-state index in [1.165, 1.54) is 18.4 Å². The van der Waals surface area contributed by atoms with Gasteiger partial charge in [-0.15, -0.1) is 0 Å². The van der Waals surface area contributed by atoms with Gasteiger partial charge in [0.05, 0.1) is 17.3 Å². The van der Waals surface area contributed by atoms with Crippen molar-refractivity contribution >= 4 is 61.0 Å². The first-order valence-electron chi connectivity index (χ1n) is 7.18. The summed E-state index contributed by atoms with van der Waals surface area (Å²) in [5, 5.41) is 0.573. The zero-order chi connectivity index (χ0) is 18.0. The van der Waals surface area contributed by atoms with Gasteiger partial charge >= 0.3 is 5.97 Å². The van der Waals surface area contributed by atoms with Crippen molar-refractivity contribution in [1.29, 1.82) is 0 Å². The van der Waals surface area contributed by atoms with Gasteiger partial charge in [-0.25, -0.2) is 0 Å². The summed E-state index contributed by atoms with van der Waals surface area (Å²) in [6, 6.07) is 12.3. The van der Waals surface area contributed by atoms with E-state index in [0.717, 1.165) is 14.7 Å². The molecule has 0 saturated heterocycles. The smallest absolute Gasteiger partial charge is 0.325 e. The molecular formula is C17H12BrClN2O3S. The molecule has 0 spiro atoms. The molecule has 3 aromatic rings. The topological polar surface area (TPSA) is 60.7 Å².